The summed E-state index contributed by atoms with van der Waals surface area (Å²) in [5, 5.41) is 3.63. The van der Waals surface area contributed by atoms with E-state index in [0.29, 0.717) is 11.9 Å². The Bertz CT molecular complexity index is 711. The Balaban J connectivity index is 1.32. The summed E-state index contributed by atoms with van der Waals surface area (Å²) in [6.07, 6.45) is 7.77. The van der Waals surface area contributed by atoms with Crippen LogP contribution in [0.4, 0.5) is 0 Å². The first-order chi connectivity index (χ1) is 12.3. The van der Waals surface area contributed by atoms with E-state index in [2.05, 4.69) is 44.0 Å². The molecule has 1 saturated heterocycles. The molecule has 1 N–H and O–H groups in total. The molecule has 0 aliphatic carbocycles. The van der Waals surface area contributed by atoms with Crippen LogP contribution in [0.25, 0.3) is 0 Å². The van der Waals surface area contributed by atoms with Crippen molar-refractivity contribution in [1.29, 1.82) is 0 Å². The molecule has 2 aliphatic rings. The Morgan fingerprint density at radius 3 is 2.96 bits per heavy atom. The lowest BCUT2D eigenvalue weighted by Crippen LogP contribution is -2.50. The second-order valence-electron chi connectivity index (χ2n) is 7.26. The Morgan fingerprint density at radius 2 is 2.08 bits per heavy atom. The predicted molar refractivity (Wildman–Crippen MR) is 96.9 cm³/mol. The molecule has 4 rings (SSSR count). The second kappa shape index (κ2) is 7.40. The molecule has 1 fully saturated rings. The summed E-state index contributed by atoms with van der Waals surface area (Å²) in [6, 6.07) is 10.9. The van der Waals surface area contributed by atoms with Crippen LogP contribution in [0.1, 0.15) is 30.5 Å². The third-order valence-corrected chi connectivity index (χ3v) is 5.49. The van der Waals surface area contributed by atoms with Gasteiger partial charge >= 0.3 is 0 Å². The molecular weight excluding hydrogens is 312 g/mol. The van der Waals surface area contributed by atoms with Crippen molar-refractivity contribution in [3.63, 3.8) is 0 Å². The average Bonchev–Trinajstić information content (AvgIpc) is 3.14. The van der Waals surface area contributed by atoms with Crippen LogP contribution in [0, 0.1) is 5.92 Å². The van der Waals surface area contributed by atoms with Gasteiger partial charge in [0.05, 0.1) is 6.33 Å². The van der Waals surface area contributed by atoms with E-state index in [1.807, 2.05) is 18.6 Å². The molecule has 2 aliphatic heterocycles. The fraction of sp³-hybridized carbons (Fsp3) is 0.500. The largest absolute Gasteiger partial charge is 0.341 e. The van der Waals surface area contributed by atoms with E-state index < -0.39 is 0 Å². The molecule has 5 nitrogen and oxygen atoms in total. The van der Waals surface area contributed by atoms with Gasteiger partial charge < -0.3 is 14.8 Å². The third-order valence-electron chi connectivity index (χ3n) is 5.49. The number of imidazole rings is 1. The van der Waals surface area contributed by atoms with Gasteiger partial charge in [0.25, 0.3) is 0 Å². The maximum Gasteiger partial charge on any atom is 0.226 e. The third kappa shape index (κ3) is 3.76. The summed E-state index contributed by atoms with van der Waals surface area (Å²) in [5.74, 6) is 0.454. The van der Waals surface area contributed by atoms with E-state index in [0.717, 1.165) is 51.9 Å². The van der Waals surface area contributed by atoms with Crippen molar-refractivity contribution in [2.75, 3.05) is 13.1 Å². The van der Waals surface area contributed by atoms with Crippen molar-refractivity contribution in [2.24, 2.45) is 5.92 Å². The summed E-state index contributed by atoms with van der Waals surface area (Å²) in [6.45, 7) is 3.52. The van der Waals surface area contributed by atoms with E-state index in [-0.39, 0.29) is 5.92 Å². The number of rotatable bonds is 4. The zero-order valence-electron chi connectivity index (χ0n) is 14.6. The van der Waals surface area contributed by atoms with Crippen molar-refractivity contribution >= 4 is 5.91 Å². The fourth-order valence-electron chi connectivity index (χ4n) is 4.04. The van der Waals surface area contributed by atoms with Gasteiger partial charge in [-0.2, -0.15) is 0 Å². The van der Waals surface area contributed by atoms with Crippen molar-refractivity contribution in [3.8, 4) is 0 Å². The number of likely N-dealkylation sites (tertiary alicyclic amines) is 1. The number of carbonyl (C=O) groups excluding carboxylic acids is 1. The molecule has 132 valence electrons. The van der Waals surface area contributed by atoms with Crippen LogP contribution in [-0.4, -0.2) is 39.5 Å². The predicted octanol–water partition coefficient (Wildman–Crippen LogP) is 2.23. The first-order valence-corrected chi connectivity index (χ1v) is 9.34. The monoisotopic (exact) mass is 338 g/mol. The zero-order valence-corrected chi connectivity index (χ0v) is 14.6. The normalized spacial score (nSPS) is 23.3. The molecule has 5 heteroatoms. The zero-order chi connectivity index (χ0) is 17.1. The number of benzene rings is 1. The highest BCUT2D eigenvalue weighted by Gasteiger charge is 2.31. The van der Waals surface area contributed by atoms with Crippen LogP contribution < -0.4 is 5.32 Å². The second-order valence-corrected chi connectivity index (χ2v) is 7.26. The number of aryl methyl sites for hydroxylation is 1. The number of amides is 1. The van der Waals surface area contributed by atoms with Crippen LogP contribution in [0.3, 0.4) is 0 Å². The van der Waals surface area contributed by atoms with Crippen molar-refractivity contribution in [2.45, 2.75) is 44.8 Å². The Kier molecular flexibility index (Phi) is 4.83. The fourth-order valence-corrected chi connectivity index (χ4v) is 4.04. The lowest BCUT2D eigenvalue weighted by atomic mass is 9.93. The van der Waals surface area contributed by atoms with E-state index in [1.54, 1.807) is 0 Å². The molecule has 1 aromatic carbocycles. The maximum atomic E-state index is 13.0. The molecule has 0 saturated carbocycles. The summed E-state index contributed by atoms with van der Waals surface area (Å²) in [7, 11) is 0. The maximum absolute atomic E-state index is 13.0. The summed E-state index contributed by atoms with van der Waals surface area (Å²) < 4.78 is 2.17. The van der Waals surface area contributed by atoms with Gasteiger partial charge in [-0.25, -0.2) is 4.98 Å². The molecule has 0 spiro atoms. The van der Waals surface area contributed by atoms with Crippen molar-refractivity contribution in [3.05, 3.63) is 54.1 Å². The molecule has 0 radical (unpaired) electrons. The number of piperidine rings is 1. The summed E-state index contributed by atoms with van der Waals surface area (Å²) >= 11 is 0. The molecular formula is C20H26N4O. The number of nitrogens with zero attached hydrogens (tertiary/aromatic N) is 3. The van der Waals surface area contributed by atoms with Crippen LogP contribution >= 0.6 is 0 Å². The van der Waals surface area contributed by atoms with Crippen LogP contribution in [0.15, 0.2) is 42.9 Å². The molecule has 25 heavy (non-hydrogen) atoms. The van der Waals surface area contributed by atoms with Gasteiger partial charge in [0.15, 0.2) is 0 Å². The quantitative estimate of drug-likeness (QED) is 0.930. The van der Waals surface area contributed by atoms with Gasteiger partial charge in [-0.3, -0.25) is 4.79 Å². The van der Waals surface area contributed by atoms with Crippen molar-refractivity contribution < 1.29 is 4.79 Å². The minimum absolute atomic E-state index is 0.122. The van der Waals surface area contributed by atoms with Gasteiger partial charge in [-0.1, -0.05) is 30.3 Å². The standard InChI is InChI=1S/C20H26N4O/c25-20(17-8-10-24-15-21-13-19(24)11-17)23-9-4-7-18(14-23)22-12-16-5-2-1-3-6-16/h1-3,5-6,13,15,17-18,22H,4,7-12,14H2/t17-,18-/m0/s1. The SMILES string of the molecule is O=C([C@H]1CCn2cncc2C1)N1CCC[C@H](NCc2ccccc2)C1. The Labute approximate surface area is 149 Å². The molecule has 1 aromatic heterocycles. The van der Waals surface area contributed by atoms with Crippen molar-refractivity contribution in [1.82, 2.24) is 19.8 Å². The highest BCUT2D eigenvalue weighted by atomic mass is 16.2. The smallest absolute Gasteiger partial charge is 0.226 e. The van der Waals surface area contributed by atoms with Crippen LogP contribution in [0.5, 0.6) is 0 Å². The highest BCUT2D eigenvalue weighted by molar-refractivity contribution is 5.79. The molecule has 2 atom stereocenters. The van der Waals surface area contributed by atoms with Gasteiger partial charge in [-0.15, -0.1) is 0 Å². The number of nitrogens with one attached hydrogen (secondary N) is 1. The number of aromatic nitrogens is 2. The lowest BCUT2D eigenvalue weighted by Gasteiger charge is -2.36. The van der Waals surface area contributed by atoms with E-state index in [1.165, 1.54) is 11.3 Å². The Morgan fingerprint density at radius 1 is 1.20 bits per heavy atom. The molecule has 0 bridgehead atoms. The van der Waals surface area contributed by atoms with E-state index >= 15 is 0 Å². The van der Waals surface area contributed by atoms with Gasteiger partial charge in [0, 0.05) is 56.5 Å². The number of hydrogen-bond acceptors (Lipinski definition) is 3. The highest BCUT2D eigenvalue weighted by Crippen LogP contribution is 2.23. The number of carbonyl (C=O) groups is 1. The molecule has 0 unspecified atom stereocenters. The number of hydrogen-bond donors (Lipinski definition) is 1. The van der Waals surface area contributed by atoms with Gasteiger partial charge in [-0.05, 0) is 24.8 Å². The van der Waals surface area contributed by atoms with Crippen LogP contribution in [-0.2, 0) is 24.3 Å². The molecule has 3 heterocycles. The molecule has 1 amide bonds. The minimum Gasteiger partial charge on any atom is -0.341 e. The summed E-state index contributed by atoms with van der Waals surface area (Å²) in [5.41, 5.74) is 2.49. The van der Waals surface area contributed by atoms with Crippen LogP contribution in [0.2, 0.25) is 0 Å². The first-order valence-electron chi connectivity index (χ1n) is 9.34. The molecule has 2 aromatic rings. The number of fused-ring (bicyclic) bond motifs is 1. The Hall–Kier alpha value is -2.14. The minimum atomic E-state index is 0.122. The van der Waals surface area contributed by atoms with Gasteiger partial charge in [0.1, 0.15) is 0 Å². The summed E-state index contributed by atoms with van der Waals surface area (Å²) in [4.78, 5) is 19.3. The topological polar surface area (TPSA) is 50.2 Å². The first kappa shape index (κ1) is 16.3. The van der Waals surface area contributed by atoms with E-state index in [4.69, 9.17) is 0 Å². The lowest BCUT2D eigenvalue weighted by molar-refractivity contribution is -0.137. The van der Waals surface area contributed by atoms with Gasteiger partial charge in [0.2, 0.25) is 5.91 Å². The average molecular weight is 338 g/mol. The van der Waals surface area contributed by atoms with E-state index in [9.17, 15) is 4.79 Å².